The lowest BCUT2D eigenvalue weighted by Crippen LogP contribution is -2.10. The molecule has 0 bridgehead atoms. The number of para-hydroxylation sites is 1. The van der Waals surface area contributed by atoms with Crippen molar-refractivity contribution in [2.24, 2.45) is 5.73 Å². The molecule has 2 aromatic carbocycles. The first-order valence-electron chi connectivity index (χ1n) is 7.11. The molecule has 0 saturated carbocycles. The van der Waals surface area contributed by atoms with Crippen LogP contribution in [0.25, 0.3) is 0 Å². The van der Waals surface area contributed by atoms with Crippen LogP contribution in [0.2, 0.25) is 0 Å². The zero-order valence-corrected chi connectivity index (χ0v) is 13.0. The van der Waals surface area contributed by atoms with Crippen molar-refractivity contribution < 1.29 is 9.13 Å². The van der Waals surface area contributed by atoms with Crippen LogP contribution in [-0.4, -0.2) is 0 Å². The Labute approximate surface area is 125 Å². The Hall–Kier alpha value is -1.87. The predicted molar refractivity (Wildman–Crippen MR) is 84.2 cm³/mol. The second kappa shape index (κ2) is 5.86. The maximum absolute atomic E-state index is 14.0. The molecule has 21 heavy (non-hydrogen) atoms. The third kappa shape index (κ3) is 3.61. The van der Waals surface area contributed by atoms with Crippen molar-refractivity contribution in [1.82, 2.24) is 0 Å². The molecule has 0 aliphatic carbocycles. The van der Waals surface area contributed by atoms with Crippen LogP contribution >= 0.6 is 0 Å². The van der Waals surface area contributed by atoms with Gasteiger partial charge in [0.25, 0.3) is 0 Å². The van der Waals surface area contributed by atoms with Gasteiger partial charge in [-0.05, 0) is 36.1 Å². The highest BCUT2D eigenvalue weighted by Crippen LogP contribution is 2.32. The van der Waals surface area contributed by atoms with Crippen molar-refractivity contribution in [2.45, 2.75) is 39.2 Å². The molecular formula is C18H22FNO. The fraction of sp³-hybridized carbons (Fsp3) is 0.333. The second-order valence-electron chi connectivity index (χ2n) is 6.32. The number of rotatable bonds is 3. The van der Waals surface area contributed by atoms with E-state index in [1.807, 2.05) is 31.2 Å². The van der Waals surface area contributed by atoms with E-state index >= 15 is 0 Å². The largest absolute Gasteiger partial charge is 0.454 e. The first-order valence-corrected chi connectivity index (χ1v) is 7.11. The third-order valence-corrected chi connectivity index (χ3v) is 3.43. The lowest BCUT2D eigenvalue weighted by Gasteiger charge is -2.19. The van der Waals surface area contributed by atoms with Gasteiger partial charge in [0.1, 0.15) is 5.75 Å². The standard InChI is InChI=1S/C18H22FNO/c1-12(20)15-6-5-7-16(19)17(15)21-14-10-8-13(9-11-14)18(2,3)4/h5-12H,20H2,1-4H3/t12-/m1/s1. The number of hydrogen-bond donors (Lipinski definition) is 1. The molecule has 112 valence electrons. The molecule has 0 spiro atoms. The Morgan fingerprint density at radius 3 is 2.19 bits per heavy atom. The van der Waals surface area contributed by atoms with Crippen LogP contribution in [0, 0.1) is 5.82 Å². The zero-order chi connectivity index (χ0) is 15.6. The lowest BCUT2D eigenvalue weighted by atomic mass is 9.87. The Balaban J connectivity index is 2.31. The Bertz CT molecular complexity index is 612. The van der Waals surface area contributed by atoms with Crippen LogP contribution in [0.1, 0.15) is 44.9 Å². The summed E-state index contributed by atoms with van der Waals surface area (Å²) in [4.78, 5) is 0. The fourth-order valence-electron chi connectivity index (χ4n) is 2.13. The molecule has 2 nitrogen and oxygen atoms in total. The quantitative estimate of drug-likeness (QED) is 0.868. The average Bonchev–Trinajstić information content (AvgIpc) is 2.40. The Kier molecular flexibility index (Phi) is 4.33. The molecule has 0 aliphatic heterocycles. The molecule has 2 aromatic rings. The van der Waals surface area contributed by atoms with E-state index in [1.165, 1.54) is 11.6 Å². The number of hydrogen-bond acceptors (Lipinski definition) is 2. The lowest BCUT2D eigenvalue weighted by molar-refractivity contribution is 0.432. The molecule has 2 N–H and O–H groups in total. The van der Waals surface area contributed by atoms with E-state index in [1.54, 1.807) is 12.1 Å². The van der Waals surface area contributed by atoms with Crippen molar-refractivity contribution in [1.29, 1.82) is 0 Å². The molecule has 0 aromatic heterocycles. The average molecular weight is 287 g/mol. The predicted octanol–water partition coefficient (Wildman–Crippen LogP) is 4.94. The summed E-state index contributed by atoms with van der Waals surface area (Å²) in [6, 6.07) is 12.2. The maximum atomic E-state index is 14.0. The summed E-state index contributed by atoms with van der Waals surface area (Å²) in [7, 11) is 0. The topological polar surface area (TPSA) is 35.2 Å². The SMILES string of the molecule is C[C@@H](N)c1cccc(F)c1Oc1ccc(C(C)(C)C)cc1. The van der Waals surface area contributed by atoms with E-state index in [2.05, 4.69) is 20.8 Å². The van der Waals surface area contributed by atoms with Crippen molar-refractivity contribution in [3.05, 3.63) is 59.4 Å². The Morgan fingerprint density at radius 2 is 1.67 bits per heavy atom. The molecule has 0 radical (unpaired) electrons. The zero-order valence-electron chi connectivity index (χ0n) is 13.0. The highest BCUT2D eigenvalue weighted by atomic mass is 19.1. The first-order chi connectivity index (χ1) is 9.79. The summed E-state index contributed by atoms with van der Waals surface area (Å²) in [6.07, 6.45) is 0. The monoisotopic (exact) mass is 287 g/mol. The maximum Gasteiger partial charge on any atom is 0.167 e. The van der Waals surface area contributed by atoms with Crippen LogP contribution < -0.4 is 10.5 Å². The molecule has 0 saturated heterocycles. The smallest absolute Gasteiger partial charge is 0.167 e. The van der Waals surface area contributed by atoms with E-state index in [4.69, 9.17) is 10.5 Å². The van der Waals surface area contributed by atoms with E-state index in [0.29, 0.717) is 11.3 Å². The van der Waals surface area contributed by atoms with Crippen molar-refractivity contribution in [3.8, 4) is 11.5 Å². The van der Waals surface area contributed by atoms with Gasteiger partial charge in [0.15, 0.2) is 11.6 Å². The van der Waals surface area contributed by atoms with Crippen LogP contribution in [0.15, 0.2) is 42.5 Å². The highest BCUT2D eigenvalue weighted by molar-refractivity contribution is 5.41. The van der Waals surface area contributed by atoms with Gasteiger partial charge in [-0.25, -0.2) is 4.39 Å². The van der Waals surface area contributed by atoms with Crippen molar-refractivity contribution in [2.75, 3.05) is 0 Å². The summed E-state index contributed by atoms with van der Waals surface area (Å²) in [5.41, 5.74) is 7.81. The van der Waals surface area contributed by atoms with Crippen LogP contribution in [0.4, 0.5) is 4.39 Å². The summed E-state index contributed by atoms with van der Waals surface area (Å²) in [6.45, 7) is 8.25. The van der Waals surface area contributed by atoms with Crippen LogP contribution in [-0.2, 0) is 5.41 Å². The molecule has 1 atom stereocenters. The number of ether oxygens (including phenoxy) is 1. The van der Waals surface area contributed by atoms with Gasteiger partial charge in [0.2, 0.25) is 0 Å². The van der Waals surface area contributed by atoms with Gasteiger partial charge in [0.05, 0.1) is 0 Å². The molecule has 0 unspecified atom stereocenters. The van der Waals surface area contributed by atoms with Gasteiger partial charge in [-0.15, -0.1) is 0 Å². The minimum atomic E-state index is -0.398. The minimum Gasteiger partial charge on any atom is -0.454 e. The van der Waals surface area contributed by atoms with E-state index in [0.717, 1.165) is 0 Å². The Morgan fingerprint density at radius 1 is 1.05 bits per heavy atom. The number of halogens is 1. The van der Waals surface area contributed by atoms with Crippen molar-refractivity contribution >= 4 is 0 Å². The minimum absolute atomic E-state index is 0.0768. The second-order valence-corrected chi connectivity index (χ2v) is 6.32. The molecule has 0 amide bonds. The molecule has 2 rings (SSSR count). The van der Waals surface area contributed by atoms with Crippen LogP contribution in [0.3, 0.4) is 0 Å². The molecular weight excluding hydrogens is 265 g/mol. The number of benzene rings is 2. The summed E-state index contributed by atoms with van der Waals surface area (Å²) < 4.78 is 19.7. The summed E-state index contributed by atoms with van der Waals surface area (Å²) >= 11 is 0. The van der Waals surface area contributed by atoms with Gasteiger partial charge in [-0.3, -0.25) is 0 Å². The number of nitrogens with two attached hydrogens (primary N) is 1. The first kappa shape index (κ1) is 15.5. The van der Waals surface area contributed by atoms with E-state index in [-0.39, 0.29) is 17.2 Å². The normalized spacial score (nSPS) is 13.0. The van der Waals surface area contributed by atoms with Crippen molar-refractivity contribution in [3.63, 3.8) is 0 Å². The molecule has 0 heterocycles. The van der Waals surface area contributed by atoms with Crippen LogP contribution in [0.5, 0.6) is 11.5 Å². The van der Waals surface area contributed by atoms with Gasteiger partial charge < -0.3 is 10.5 Å². The van der Waals surface area contributed by atoms with Gasteiger partial charge >= 0.3 is 0 Å². The fourth-order valence-corrected chi connectivity index (χ4v) is 2.13. The van der Waals surface area contributed by atoms with E-state index < -0.39 is 5.82 Å². The third-order valence-electron chi connectivity index (χ3n) is 3.43. The summed E-state index contributed by atoms with van der Waals surface area (Å²) in [5.74, 6) is 0.413. The van der Waals surface area contributed by atoms with Gasteiger partial charge in [-0.2, -0.15) is 0 Å². The molecule has 0 fully saturated rings. The highest BCUT2D eigenvalue weighted by Gasteiger charge is 2.16. The summed E-state index contributed by atoms with van der Waals surface area (Å²) in [5, 5.41) is 0. The van der Waals surface area contributed by atoms with Gasteiger partial charge in [-0.1, -0.05) is 45.0 Å². The molecule has 3 heteroatoms. The van der Waals surface area contributed by atoms with E-state index in [9.17, 15) is 4.39 Å². The molecule has 0 aliphatic rings. The van der Waals surface area contributed by atoms with Gasteiger partial charge in [0, 0.05) is 11.6 Å².